The summed E-state index contributed by atoms with van der Waals surface area (Å²) in [6, 6.07) is 2.16. The lowest BCUT2D eigenvalue weighted by Crippen LogP contribution is -2.28. The molecule has 4 heteroatoms. The zero-order valence-electron chi connectivity index (χ0n) is 10.9. The van der Waals surface area contributed by atoms with Crippen LogP contribution in [0.5, 0.6) is 0 Å². The number of nitrogens with zero attached hydrogens (tertiary/aromatic N) is 3. The Balaban J connectivity index is 2.58. The minimum Gasteiger partial charge on any atom is -0.330 e. The van der Waals surface area contributed by atoms with Gasteiger partial charge in [0.25, 0.3) is 0 Å². The van der Waals surface area contributed by atoms with Crippen LogP contribution in [0.2, 0.25) is 0 Å². The number of hydrogen-bond acceptors (Lipinski definition) is 3. The molecular formula is C12H24N4. The molecule has 0 aliphatic heterocycles. The van der Waals surface area contributed by atoms with E-state index < -0.39 is 0 Å². The summed E-state index contributed by atoms with van der Waals surface area (Å²) >= 11 is 0. The van der Waals surface area contributed by atoms with Crippen LogP contribution >= 0.6 is 0 Å². The molecular weight excluding hydrogens is 200 g/mol. The number of aryl methyl sites for hydroxylation is 2. The lowest BCUT2D eigenvalue weighted by Gasteiger charge is -2.20. The van der Waals surface area contributed by atoms with Crippen molar-refractivity contribution in [2.45, 2.75) is 33.9 Å². The molecule has 0 aromatic carbocycles. The van der Waals surface area contributed by atoms with E-state index in [9.17, 15) is 0 Å². The molecule has 1 heterocycles. The third kappa shape index (κ3) is 3.61. The first kappa shape index (κ1) is 13.2. The molecule has 0 spiro atoms. The second-order valence-electron chi connectivity index (χ2n) is 4.63. The van der Waals surface area contributed by atoms with E-state index >= 15 is 0 Å². The molecule has 0 aliphatic carbocycles. The first-order chi connectivity index (χ1) is 7.56. The first-order valence-corrected chi connectivity index (χ1v) is 5.98. The zero-order chi connectivity index (χ0) is 12.1. The van der Waals surface area contributed by atoms with Gasteiger partial charge in [0.1, 0.15) is 0 Å². The van der Waals surface area contributed by atoms with Crippen LogP contribution in [-0.2, 0) is 13.1 Å². The Labute approximate surface area is 98.4 Å². The van der Waals surface area contributed by atoms with Crippen molar-refractivity contribution >= 4 is 0 Å². The van der Waals surface area contributed by atoms with E-state index in [-0.39, 0.29) is 0 Å². The minimum absolute atomic E-state index is 0.545. The normalized spacial score (nSPS) is 13.4. The summed E-state index contributed by atoms with van der Waals surface area (Å²) in [6.45, 7) is 10.00. The van der Waals surface area contributed by atoms with Gasteiger partial charge in [0.15, 0.2) is 0 Å². The second kappa shape index (κ2) is 6.01. The fourth-order valence-electron chi connectivity index (χ4n) is 1.95. The van der Waals surface area contributed by atoms with Crippen molar-refractivity contribution in [1.29, 1.82) is 0 Å². The van der Waals surface area contributed by atoms with Crippen molar-refractivity contribution in [2.24, 2.45) is 11.7 Å². The molecule has 0 amide bonds. The van der Waals surface area contributed by atoms with Gasteiger partial charge in [-0.3, -0.25) is 4.68 Å². The van der Waals surface area contributed by atoms with E-state index in [1.165, 1.54) is 5.69 Å². The van der Waals surface area contributed by atoms with Crippen LogP contribution in [0.25, 0.3) is 0 Å². The van der Waals surface area contributed by atoms with E-state index in [1.807, 2.05) is 6.92 Å². The summed E-state index contributed by atoms with van der Waals surface area (Å²) < 4.78 is 2.07. The number of rotatable bonds is 6. The molecule has 2 N–H and O–H groups in total. The van der Waals surface area contributed by atoms with Gasteiger partial charge in [-0.1, -0.05) is 6.92 Å². The molecule has 92 valence electrons. The molecule has 0 radical (unpaired) electrons. The number of hydrogen-bond donors (Lipinski definition) is 1. The van der Waals surface area contributed by atoms with Crippen molar-refractivity contribution in [2.75, 3.05) is 20.1 Å². The standard InChI is InChI=1S/C12H24N4/c1-5-16-12(6-11(3)14-16)9-15(4)8-10(2)7-13/h6,10H,5,7-9,13H2,1-4H3. The molecule has 0 saturated heterocycles. The fourth-order valence-corrected chi connectivity index (χ4v) is 1.95. The Morgan fingerprint density at radius 2 is 2.25 bits per heavy atom. The van der Waals surface area contributed by atoms with Gasteiger partial charge in [0, 0.05) is 19.6 Å². The Morgan fingerprint density at radius 1 is 1.56 bits per heavy atom. The summed E-state index contributed by atoms with van der Waals surface area (Å²) in [4.78, 5) is 2.31. The van der Waals surface area contributed by atoms with Gasteiger partial charge in [-0.25, -0.2) is 0 Å². The molecule has 1 aromatic heterocycles. The average molecular weight is 224 g/mol. The Morgan fingerprint density at radius 3 is 2.81 bits per heavy atom. The molecule has 0 aliphatic rings. The Kier molecular flexibility index (Phi) is 4.96. The summed E-state index contributed by atoms with van der Waals surface area (Å²) in [6.07, 6.45) is 0. The summed E-state index contributed by atoms with van der Waals surface area (Å²) in [5, 5.41) is 4.45. The van der Waals surface area contributed by atoms with E-state index in [2.05, 4.69) is 41.6 Å². The maximum absolute atomic E-state index is 5.63. The van der Waals surface area contributed by atoms with E-state index in [0.717, 1.165) is 31.9 Å². The van der Waals surface area contributed by atoms with Crippen LogP contribution in [0.15, 0.2) is 6.07 Å². The molecule has 0 fully saturated rings. The zero-order valence-corrected chi connectivity index (χ0v) is 10.9. The van der Waals surface area contributed by atoms with Crippen LogP contribution in [-0.4, -0.2) is 34.8 Å². The highest BCUT2D eigenvalue weighted by Crippen LogP contribution is 2.08. The molecule has 1 rings (SSSR count). The Hall–Kier alpha value is -0.870. The third-order valence-electron chi connectivity index (χ3n) is 2.74. The monoisotopic (exact) mass is 224 g/mol. The maximum Gasteiger partial charge on any atom is 0.0597 e. The van der Waals surface area contributed by atoms with Gasteiger partial charge in [-0.2, -0.15) is 5.10 Å². The van der Waals surface area contributed by atoms with E-state index in [1.54, 1.807) is 0 Å². The molecule has 16 heavy (non-hydrogen) atoms. The highest BCUT2D eigenvalue weighted by molar-refractivity contribution is 5.08. The predicted molar refractivity (Wildman–Crippen MR) is 67.2 cm³/mol. The summed E-state index contributed by atoms with van der Waals surface area (Å²) in [5.74, 6) is 0.545. The quantitative estimate of drug-likeness (QED) is 0.791. The summed E-state index contributed by atoms with van der Waals surface area (Å²) in [7, 11) is 2.13. The van der Waals surface area contributed by atoms with Crippen molar-refractivity contribution in [3.05, 3.63) is 17.5 Å². The van der Waals surface area contributed by atoms with E-state index in [4.69, 9.17) is 5.73 Å². The number of nitrogens with two attached hydrogens (primary N) is 1. The average Bonchev–Trinajstić information content (AvgIpc) is 2.58. The molecule has 1 unspecified atom stereocenters. The van der Waals surface area contributed by atoms with Crippen molar-refractivity contribution in [1.82, 2.24) is 14.7 Å². The topological polar surface area (TPSA) is 47.1 Å². The highest BCUT2D eigenvalue weighted by Gasteiger charge is 2.09. The van der Waals surface area contributed by atoms with Gasteiger partial charge >= 0.3 is 0 Å². The third-order valence-corrected chi connectivity index (χ3v) is 2.74. The minimum atomic E-state index is 0.545. The van der Waals surface area contributed by atoms with Crippen LogP contribution in [0.1, 0.15) is 25.2 Å². The van der Waals surface area contributed by atoms with Crippen molar-refractivity contribution in [3.63, 3.8) is 0 Å². The lowest BCUT2D eigenvalue weighted by molar-refractivity contribution is 0.274. The van der Waals surface area contributed by atoms with Gasteiger partial charge in [-0.05, 0) is 39.4 Å². The van der Waals surface area contributed by atoms with Gasteiger partial charge in [-0.15, -0.1) is 0 Å². The predicted octanol–water partition coefficient (Wildman–Crippen LogP) is 1.24. The molecule has 1 aromatic rings. The van der Waals surface area contributed by atoms with Crippen LogP contribution < -0.4 is 5.73 Å². The van der Waals surface area contributed by atoms with Crippen molar-refractivity contribution in [3.8, 4) is 0 Å². The van der Waals surface area contributed by atoms with Crippen molar-refractivity contribution < 1.29 is 0 Å². The van der Waals surface area contributed by atoms with Crippen LogP contribution in [0.3, 0.4) is 0 Å². The first-order valence-electron chi connectivity index (χ1n) is 5.98. The molecule has 0 saturated carbocycles. The SMILES string of the molecule is CCn1nc(C)cc1CN(C)CC(C)CN. The lowest BCUT2D eigenvalue weighted by atomic mass is 10.2. The van der Waals surface area contributed by atoms with E-state index in [0.29, 0.717) is 5.92 Å². The van der Waals surface area contributed by atoms with Gasteiger partial charge < -0.3 is 10.6 Å². The maximum atomic E-state index is 5.63. The molecule has 4 nitrogen and oxygen atoms in total. The van der Waals surface area contributed by atoms with Gasteiger partial charge in [0.05, 0.1) is 11.4 Å². The van der Waals surface area contributed by atoms with Crippen LogP contribution in [0, 0.1) is 12.8 Å². The van der Waals surface area contributed by atoms with Crippen LogP contribution in [0.4, 0.5) is 0 Å². The fraction of sp³-hybridized carbons (Fsp3) is 0.750. The summed E-state index contributed by atoms with van der Waals surface area (Å²) in [5.41, 5.74) is 8.01. The van der Waals surface area contributed by atoms with Gasteiger partial charge in [0.2, 0.25) is 0 Å². The number of aromatic nitrogens is 2. The Bertz CT molecular complexity index is 319. The molecule has 0 bridgehead atoms. The smallest absolute Gasteiger partial charge is 0.0597 e. The highest BCUT2D eigenvalue weighted by atomic mass is 15.3. The second-order valence-corrected chi connectivity index (χ2v) is 4.63. The largest absolute Gasteiger partial charge is 0.330 e. The molecule has 1 atom stereocenters.